The van der Waals surface area contributed by atoms with Gasteiger partial charge in [0, 0.05) is 52.2 Å². The zero-order chi connectivity index (χ0) is 18.5. The zero-order valence-electron chi connectivity index (χ0n) is 16.1. The standard InChI is InChI=1S/C22H24N4.Ni/c1-15-13-16(2)24-21-11-7-8-12-22(21)26-18(4)14-17(3)25-20-10-6-5-9-19(20)23-15;/h5-12H,13-14H2,1-4H3;. The second-order valence-electron chi connectivity index (χ2n) is 6.72. The summed E-state index contributed by atoms with van der Waals surface area (Å²) >= 11 is 0. The van der Waals surface area contributed by atoms with Gasteiger partial charge in [-0.15, -0.1) is 0 Å². The van der Waals surface area contributed by atoms with Crippen molar-refractivity contribution >= 4 is 45.6 Å². The quantitative estimate of drug-likeness (QED) is 0.448. The van der Waals surface area contributed by atoms with Crippen LogP contribution in [0.5, 0.6) is 0 Å². The van der Waals surface area contributed by atoms with Crippen LogP contribution in [0.4, 0.5) is 22.7 Å². The van der Waals surface area contributed by atoms with Gasteiger partial charge in [0.1, 0.15) is 0 Å². The average Bonchev–Trinajstić information content (AvgIpc) is 2.57. The largest absolute Gasteiger partial charge is 0.255 e. The van der Waals surface area contributed by atoms with Crippen molar-refractivity contribution in [1.29, 1.82) is 0 Å². The SMILES string of the molecule is CC1=Nc2ccccc2N=C(C)CC(C)=Nc2ccccc2N=C(C)C1.[Ni]. The molecule has 0 unspecified atom stereocenters. The van der Waals surface area contributed by atoms with E-state index in [-0.39, 0.29) is 16.5 Å². The minimum Gasteiger partial charge on any atom is -0.255 e. The molecule has 0 fully saturated rings. The Hall–Kier alpha value is -2.39. The van der Waals surface area contributed by atoms with Crippen molar-refractivity contribution < 1.29 is 16.5 Å². The molecule has 3 rings (SSSR count). The summed E-state index contributed by atoms with van der Waals surface area (Å²) in [6.07, 6.45) is 1.43. The van der Waals surface area contributed by atoms with Gasteiger partial charge in [0.05, 0.1) is 22.7 Å². The van der Waals surface area contributed by atoms with Crippen molar-refractivity contribution in [2.75, 3.05) is 0 Å². The van der Waals surface area contributed by atoms with Crippen LogP contribution >= 0.6 is 0 Å². The molecule has 0 amide bonds. The Bertz CT molecular complexity index is 787. The monoisotopic (exact) mass is 402 g/mol. The fourth-order valence-corrected chi connectivity index (χ4v) is 3.03. The number of aliphatic imine (C=N–C) groups is 4. The fourth-order valence-electron chi connectivity index (χ4n) is 3.03. The Morgan fingerprint density at radius 2 is 0.704 bits per heavy atom. The Morgan fingerprint density at radius 1 is 0.481 bits per heavy atom. The Kier molecular flexibility index (Phi) is 7.38. The molecule has 0 aromatic heterocycles. The summed E-state index contributed by atoms with van der Waals surface area (Å²) in [6, 6.07) is 16.0. The third-order valence-corrected chi connectivity index (χ3v) is 4.03. The van der Waals surface area contributed by atoms with Gasteiger partial charge in [0.25, 0.3) is 0 Å². The first-order valence-corrected chi connectivity index (χ1v) is 8.86. The topological polar surface area (TPSA) is 49.4 Å². The maximum Gasteiger partial charge on any atom is 0.0885 e. The predicted octanol–water partition coefficient (Wildman–Crippen LogP) is 6.55. The smallest absolute Gasteiger partial charge is 0.0885 e. The summed E-state index contributed by atoms with van der Waals surface area (Å²) in [5.74, 6) is 0. The van der Waals surface area contributed by atoms with Crippen molar-refractivity contribution in [1.82, 2.24) is 0 Å². The summed E-state index contributed by atoms with van der Waals surface area (Å²) in [7, 11) is 0. The van der Waals surface area contributed by atoms with Gasteiger partial charge in [-0.05, 0) is 52.0 Å². The first kappa shape index (κ1) is 20.9. The van der Waals surface area contributed by atoms with Gasteiger partial charge >= 0.3 is 0 Å². The minimum atomic E-state index is 0. The number of benzene rings is 2. The molecule has 0 bridgehead atoms. The van der Waals surface area contributed by atoms with Crippen LogP contribution in [0.15, 0.2) is 68.5 Å². The molecular formula is C22H24N4Ni. The van der Waals surface area contributed by atoms with E-state index in [9.17, 15) is 0 Å². The van der Waals surface area contributed by atoms with E-state index in [1.54, 1.807) is 0 Å². The molecule has 4 nitrogen and oxygen atoms in total. The predicted molar refractivity (Wildman–Crippen MR) is 113 cm³/mol. The Balaban J connectivity index is 0.00000261. The summed E-state index contributed by atoms with van der Waals surface area (Å²) in [4.78, 5) is 19.1. The van der Waals surface area contributed by atoms with Crippen molar-refractivity contribution in [2.45, 2.75) is 40.5 Å². The molecule has 2 aromatic rings. The summed E-state index contributed by atoms with van der Waals surface area (Å²) in [5, 5.41) is 0. The third kappa shape index (κ3) is 5.80. The van der Waals surface area contributed by atoms with Crippen molar-refractivity contribution in [3.8, 4) is 0 Å². The van der Waals surface area contributed by atoms with Gasteiger partial charge in [-0.1, -0.05) is 24.3 Å². The van der Waals surface area contributed by atoms with Gasteiger partial charge < -0.3 is 0 Å². The number of hydrogen-bond acceptors (Lipinski definition) is 4. The molecule has 0 spiro atoms. The third-order valence-electron chi connectivity index (χ3n) is 4.03. The van der Waals surface area contributed by atoms with Crippen LogP contribution in [0.3, 0.4) is 0 Å². The normalized spacial score (nSPS) is 15.0. The van der Waals surface area contributed by atoms with E-state index >= 15 is 0 Å². The van der Waals surface area contributed by atoms with Gasteiger partial charge in [-0.2, -0.15) is 0 Å². The first-order valence-electron chi connectivity index (χ1n) is 8.86. The van der Waals surface area contributed by atoms with E-state index in [1.165, 1.54) is 0 Å². The van der Waals surface area contributed by atoms with Gasteiger partial charge in [-0.3, -0.25) is 20.0 Å². The van der Waals surface area contributed by atoms with E-state index in [0.717, 1.165) is 45.6 Å². The first-order chi connectivity index (χ1) is 12.5. The van der Waals surface area contributed by atoms with Crippen molar-refractivity contribution in [3.63, 3.8) is 0 Å². The molecule has 1 heterocycles. The molecule has 0 atom stereocenters. The molecule has 27 heavy (non-hydrogen) atoms. The number of nitrogens with zero attached hydrogens (tertiary/aromatic N) is 4. The molecule has 0 radical (unpaired) electrons. The molecule has 5 heteroatoms. The zero-order valence-corrected chi connectivity index (χ0v) is 17.1. The van der Waals surface area contributed by atoms with E-state index in [1.807, 2.05) is 76.2 Å². The second kappa shape index (κ2) is 9.52. The summed E-state index contributed by atoms with van der Waals surface area (Å²) < 4.78 is 0. The van der Waals surface area contributed by atoms with Crippen LogP contribution in [0.1, 0.15) is 40.5 Å². The van der Waals surface area contributed by atoms with Crippen molar-refractivity contribution in [3.05, 3.63) is 48.5 Å². The Labute approximate surface area is 171 Å². The van der Waals surface area contributed by atoms with Crippen LogP contribution < -0.4 is 0 Å². The van der Waals surface area contributed by atoms with Crippen LogP contribution in [-0.4, -0.2) is 22.8 Å². The summed E-state index contributed by atoms with van der Waals surface area (Å²) in [6.45, 7) is 8.14. The number of hydrogen-bond donors (Lipinski definition) is 0. The van der Waals surface area contributed by atoms with E-state index in [4.69, 9.17) is 20.0 Å². The maximum absolute atomic E-state index is 4.79. The van der Waals surface area contributed by atoms with Gasteiger partial charge in [0.15, 0.2) is 0 Å². The molecule has 0 aliphatic carbocycles. The molecule has 0 saturated heterocycles. The summed E-state index contributed by atoms with van der Waals surface area (Å²) in [5.41, 5.74) is 7.63. The maximum atomic E-state index is 4.79. The Morgan fingerprint density at radius 3 is 0.926 bits per heavy atom. The number of rotatable bonds is 0. The van der Waals surface area contributed by atoms with E-state index in [0.29, 0.717) is 12.8 Å². The van der Waals surface area contributed by atoms with Crippen LogP contribution in [0.25, 0.3) is 0 Å². The number of fused-ring (bicyclic) bond motifs is 2. The average molecular weight is 403 g/mol. The van der Waals surface area contributed by atoms with Crippen LogP contribution in [0, 0.1) is 0 Å². The van der Waals surface area contributed by atoms with Crippen molar-refractivity contribution in [2.24, 2.45) is 20.0 Å². The minimum absolute atomic E-state index is 0. The number of para-hydroxylation sites is 4. The van der Waals surface area contributed by atoms with Crippen LogP contribution in [0.2, 0.25) is 0 Å². The molecule has 0 saturated carbocycles. The second-order valence-corrected chi connectivity index (χ2v) is 6.72. The molecule has 0 N–H and O–H groups in total. The molecule has 1 aliphatic rings. The van der Waals surface area contributed by atoms with E-state index < -0.39 is 0 Å². The molecule has 2 aromatic carbocycles. The molecule has 1 aliphatic heterocycles. The fraction of sp³-hybridized carbons (Fsp3) is 0.273. The molecular weight excluding hydrogens is 379 g/mol. The molecule has 142 valence electrons. The van der Waals surface area contributed by atoms with E-state index in [2.05, 4.69) is 0 Å². The van der Waals surface area contributed by atoms with Gasteiger partial charge in [0.2, 0.25) is 0 Å². The van der Waals surface area contributed by atoms with Gasteiger partial charge in [-0.25, -0.2) is 0 Å². The van der Waals surface area contributed by atoms with Crippen LogP contribution in [-0.2, 0) is 16.5 Å².